The molecule has 2 heterocycles. The second-order valence-electron chi connectivity index (χ2n) is 6.10. The van der Waals surface area contributed by atoms with Gasteiger partial charge in [-0.15, -0.1) is 0 Å². The van der Waals surface area contributed by atoms with Crippen molar-refractivity contribution in [1.82, 2.24) is 4.90 Å². The van der Waals surface area contributed by atoms with E-state index in [1.54, 1.807) is 11.8 Å². The Morgan fingerprint density at radius 3 is 2.95 bits per heavy atom. The van der Waals surface area contributed by atoms with Gasteiger partial charge in [0.05, 0.1) is 4.90 Å². The van der Waals surface area contributed by atoms with Crippen LogP contribution in [0.3, 0.4) is 0 Å². The monoisotopic (exact) mass is 278 g/mol. The lowest BCUT2D eigenvalue weighted by atomic mass is 10.00. The molecule has 0 aliphatic carbocycles. The lowest BCUT2D eigenvalue weighted by Crippen LogP contribution is -2.20. The van der Waals surface area contributed by atoms with Crippen LogP contribution in [-0.2, 0) is 0 Å². The van der Waals surface area contributed by atoms with Gasteiger partial charge < -0.3 is 10.5 Å². The maximum atomic E-state index is 6.00. The Kier molecular flexibility index (Phi) is 3.28. The summed E-state index contributed by atoms with van der Waals surface area (Å²) in [4.78, 5) is 3.53. The van der Waals surface area contributed by atoms with Crippen LogP contribution >= 0.6 is 11.8 Å². The minimum atomic E-state index is -0.137. The lowest BCUT2D eigenvalue weighted by Gasteiger charge is -2.20. The second kappa shape index (κ2) is 4.69. The molecule has 2 N–H and O–H groups in total. The topological polar surface area (TPSA) is 38.5 Å². The van der Waals surface area contributed by atoms with Gasteiger partial charge in [0.15, 0.2) is 4.93 Å². The number of nitrogens with zero attached hydrogens (tertiary/aromatic N) is 1. The van der Waals surface area contributed by atoms with Crippen LogP contribution in [0.5, 0.6) is 5.75 Å². The maximum Gasteiger partial charge on any atom is 0.153 e. The molecule has 0 aromatic heterocycles. The van der Waals surface area contributed by atoms with Crippen molar-refractivity contribution < 1.29 is 4.74 Å². The summed E-state index contributed by atoms with van der Waals surface area (Å²) in [6.45, 7) is 6.11. The van der Waals surface area contributed by atoms with Gasteiger partial charge in [-0.25, -0.2) is 0 Å². The highest BCUT2D eigenvalue weighted by Crippen LogP contribution is 2.48. The molecule has 0 spiro atoms. The van der Waals surface area contributed by atoms with Gasteiger partial charge in [-0.3, -0.25) is 4.90 Å². The van der Waals surface area contributed by atoms with Gasteiger partial charge in [-0.05, 0) is 57.5 Å². The fraction of sp³-hybridized carbons (Fsp3) is 0.600. The Balaban J connectivity index is 1.84. The van der Waals surface area contributed by atoms with E-state index in [-0.39, 0.29) is 4.93 Å². The van der Waals surface area contributed by atoms with Crippen molar-refractivity contribution in [3.05, 3.63) is 23.8 Å². The molecule has 0 radical (unpaired) electrons. The van der Waals surface area contributed by atoms with Gasteiger partial charge in [-0.2, -0.15) is 0 Å². The van der Waals surface area contributed by atoms with Crippen LogP contribution in [0.25, 0.3) is 0 Å². The first-order valence-electron chi connectivity index (χ1n) is 6.91. The summed E-state index contributed by atoms with van der Waals surface area (Å²) in [5.41, 5.74) is 7.16. The van der Waals surface area contributed by atoms with E-state index in [4.69, 9.17) is 10.5 Å². The van der Waals surface area contributed by atoms with Crippen molar-refractivity contribution in [2.45, 2.75) is 36.1 Å². The van der Waals surface area contributed by atoms with Gasteiger partial charge >= 0.3 is 0 Å². The molecule has 1 saturated heterocycles. The highest BCUT2D eigenvalue weighted by atomic mass is 32.2. The summed E-state index contributed by atoms with van der Waals surface area (Å²) in [5, 5.41) is 0. The lowest BCUT2D eigenvalue weighted by molar-refractivity contribution is 0.214. The van der Waals surface area contributed by atoms with E-state index in [2.05, 4.69) is 44.0 Å². The molecule has 2 atom stereocenters. The van der Waals surface area contributed by atoms with Gasteiger partial charge in [0.2, 0.25) is 0 Å². The highest BCUT2D eigenvalue weighted by Gasteiger charge is 2.34. The summed E-state index contributed by atoms with van der Waals surface area (Å²) >= 11 is 1.79. The molecule has 3 nitrogen and oxygen atoms in total. The summed E-state index contributed by atoms with van der Waals surface area (Å²) in [5.74, 6) is 1.66. The standard InChI is InChI=1S/C15H22N2OS/c1-15(2)18-13-7-11(4-5-14(13)19-15)12-6-10(8-16)9-17(12)3/h4-5,7,10,12H,6,8-9,16H2,1-3H3. The Hall–Kier alpha value is -0.710. The van der Waals surface area contributed by atoms with Gasteiger partial charge in [0.1, 0.15) is 5.75 Å². The van der Waals surface area contributed by atoms with Gasteiger partial charge in [0.25, 0.3) is 0 Å². The Bertz CT molecular complexity index is 489. The van der Waals surface area contributed by atoms with Crippen molar-refractivity contribution in [3.63, 3.8) is 0 Å². The third-order valence-electron chi connectivity index (χ3n) is 4.03. The SMILES string of the molecule is CN1CC(CN)CC1c1ccc2c(c1)OC(C)(C)S2. The smallest absolute Gasteiger partial charge is 0.153 e. The summed E-state index contributed by atoms with van der Waals surface area (Å²) in [6, 6.07) is 7.15. The molecule has 0 bridgehead atoms. The van der Waals surface area contributed by atoms with Crippen LogP contribution in [0.1, 0.15) is 31.9 Å². The number of ether oxygens (including phenoxy) is 1. The minimum absolute atomic E-state index is 0.137. The van der Waals surface area contributed by atoms with Crippen LogP contribution in [0.2, 0.25) is 0 Å². The van der Waals surface area contributed by atoms with Crippen molar-refractivity contribution in [2.24, 2.45) is 11.7 Å². The van der Waals surface area contributed by atoms with Crippen LogP contribution < -0.4 is 10.5 Å². The molecule has 0 saturated carbocycles. The van der Waals surface area contributed by atoms with Gasteiger partial charge in [-0.1, -0.05) is 17.8 Å². The second-order valence-corrected chi connectivity index (χ2v) is 7.73. The number of hydrogen-bond donors (Lipinski definition) is 1. The van der Waals surface area contributed by atoms with Crippen molar-refractivity contribution in [3.8, 4) is 5.75 Å². The number of fused-ring (bicyclic) bond motifs is 1. The van der Waals surface area contributed by atoms with Gasteiger partial charge in [0, 0.05) is 12.6 Å². The third kappa shape index (κ3) is 2.49. The molecule has 1 fully saturated rings. The summed E-state index contributed by atoms with van der Waals surface area (Å²) in [7, 11) is 2.19. The molecule has 2 aliphatic rings. The average Bonchev–Trinajstić information content (AvgIpc) is 2.86. The first kappa shape index (κ1) is 13.3. The number of nitrogens with two attached hydrogens (primary N) is 1. The van der Waals surface area contributed by atoms with Crippen LogP contribution in [0.15, 0.2) is 23.1 Å². The summed E-state index contributed by atoms with van der Waals surface area (Å²) in [6.07, 6.45) is 1.16. The molecular weight excluding hydrogens is 256 g/mol. The van der Waals surface area contributed by atoms with Crippen molar-refractivity contribution >= 4 is 11.8 Å². The van der Waals surface area contributed by atoms with Crippen LogP contribution in [-0.4, -0.2) is 30.0 Å². The van der Waals surface area contributed by atoms with E-state index in [0.717, 1.165) is 25.3 Å². The largest absolute Gasteiger partial charge is 0.476 e. The number of hydrogen-bond acceptors (Lipinski definition) is 4. The van der Waals surface area contributed by atoms with Crippen molar-refractivity contribution in [1.29, 1.82) is 0 Å². The fourth-order valence-electron chi connectivity index (χ4n) is 3.11. The fourth-order valence-corrected chi connectivity index (χ4v) is 4.11. The van der Waals surface area contributed by atoms with E-state index in [9.17, 15) is 0 Å². The quantitative estimate of drug-likeness (QED) is 0.903. The molecule has 1 aromatic rings. The average molecular weight is 278 g/mol. The highest BCUT2D eigenvalue weighted by molar-refractivity contribution is 8.00. The van der Waals surface area contributed by atoms with Crippen molar-refractivity contribution in [2.75, 3.05) is 20.1 Å². The zero-order chi connectivity index (χ0) is 13.6. The Morgan fingerprint density at radius 1 is 1.47 bits per heavy atom. The zero-order valence-corrected chi connectivity index (χ0v) is 12.7. The number of benzene rings is 1. The molecular formula is C15H22N2OS. The van der Waals surface area contributed by atoms with Crippen LogP contribution in [0, 0.1) is 5.92 Å². The predicted molar refractivity (Wildman–Crippen MR) is 79.5 cm³/mol. The van der Waals surface area contributed by atoms with E-state index in [0.29, 0.717) is 12.0 Å². The predicted octanol–water partition coefficient (Wildman–Crippen LogP) is 2.86. The van der Waals surface area contributed by atoms with E-state index >= 15 is 0 Å². The number of thioether (sulfide) groups is 1. The Morgan fingerprint density at radius 2 is 2.26 bits per heavy atom. The van der Waals surface area contributed by atoms with E-state index < -0.39 is 0 Å². The molecule has 2 aliphatic heterocycles. The van der Waals surface area contributed by atoms with E-state index in [1.807, 2.05) is 0 Å². The summed E-state index contributed by atoms with van der Waals surface area (Å²) < 4.78 is 6.00. The molecule has 2 unspecified atom stereocenters. The zero-order valence-electron chi connectivity index (χ0n) is 11.8. The molecule has 3 rings (SSSR count). The first-order chi connectivity index (χ1) is 8.98. The number of likely N-dealkylation sites (tertiary alicyclic amines) is 1. The number of rotatable bonds is 2. The third-order valence-corrected chi connectivity index (χ3v) is 5.16. The Labute approximate surface area is 119 Å². The normalized spacial score (nSPS) is 29.3. The molecule has 19 heavy (non-hydrogen) atoms. The molecule has 104 valence electrons. The molecule has 1 aromatic carbocycles. The molecule has 4 heteroatoms. The minimum Gasteiger partial charge on any atom is -0.476 e. The molecule has 0 amide bonds. The van der Waals surface area contributed by atoms with E-state index in [1.165, 1.54) is 10.5 Å². The van der Waals surface area contributed by atoms with Crippen LogP contribution in [0.4, 0.5) is 0 Å². The first-order valence-corrected chi connectivity index (χ1v) is 7.72. The maximum absolute atomic E-state index is 6.00.